The molecule has 3 aromatic rings. The molecule has 0 fully saturated rings. The Morgan fingerprint density at radius 2 is 1.75 bits per heavy atom. The third-order valence-corrected chi connectivity index (χ3v) is 3.17. The van der Waals surface area contributed by atoms with E-state index in [0.29, 0.717) is 11.5 Å². The minimum Gasteiger partial charge on any atom is -0.486 e. The molecule has 0 unspecified atom stereocenters. The summed E-state index contributed by atoms with van der Waals surface area (Å²) >= 11 is 0. The quantitative estimate of drug-likeness (QED) is 0.677. The van der Waals surface area contributed by atoms with Crippen LogP contribution in [0.3, 0.4) is 0 Å². The van der Waals surface area contributed by atoms with E-state index >= 15 is 0 Å². The van der Waals surface area contributed by atoms with Crippen molar-refractivity contribution < 1.29 is 18.3 Å². The summed E-state index contributed by atoms with van der Waals surface area (Å²) in [7, 11) is 0. The number of amides is 1. The van der Waals surface area contributed by atoms with E-state index in [2.05, 4.69) is 10.9 Å². The predicted molar refractivity (Wildman–Crippen MR) is 87.0 cm³/mol. The Balaban J connectivity index is 1.52. The first-order valence-corrected chi connectivity index (χ1v) is 7.29. The summed E-state index contributed by atoms with van der Waals surface area (Å²) < 4.78 is 23.7. The number of halogens is 1. The highest BCUT2D eigenvalue weighted by molar-refractivity contribution is 5.92. The van der Waals surface area contributed by atoms with Gasteiger partial charge in [-0.1, -0.05) is 18.2 Å². The second kappa shape index (κ2) is 7.32. The number of carbonyl (C=O) groups is 1. The molecule has 1 heterocycles. The minimum atomic E-state index is -0.396. The van der Waals surface area contributed by atoms with Crippen LogP contribution in [0.15, 0.2) is 71.1 Å². The van der Waals surface area contributed by atoms with Crippen molar-refractivity contribution in [3.05, 3.63) is 84.1 Å². The number of rotatable bonds is 6. The van der Waals surface area contributed by atoms with Crippen LogP contribution in [0, 0.1) is 5.82 Å². The van der Waals surface area contributed by atoms with Gasteiger partial charge in [0, 0.05) is 0 Å². The fourth-order valence-corrected chi connectivity index (χ4v) is 1.97. The molecule has 122 valence electrons. The highest BCUT2D eigenvalue weighted by Crippen LogP contribution is 2.15. The Morgan fingerprint density at radius 3 is 2.50 bits per heavy atom. The first-order valence-electron chi connectivity index (χ1n) is 7.29. The van der Waals surface area contributed by atoms with Gasteiger partial charge < -0.3 is 9.15 Å². The molecule has 6 heteroatoms. The fraction of sp³-hybridized carbons (Fsp3) is 0.0556. The summed E-state index contributed by atoms with van der Waals surface area (Å²) in [6.07, 6.45) is 0. The van der Waals surface area contributed by atoms with Gasteiger partial charge in [-0.3, -0.25) is 15.6 Å². The standard InChI is InChI=1S/C18H15FN2O3/c19-13-6-8-15(9-7-13)23-12-16-10-11-17(24-16)18(22)21-20-14-4-2-1-3-5-14/h1-11,20H,12H2,(H,21,22). The van der Waals surface area contributed by atoms with Crippen molar-refractivity contribution in [3.8, 4) is 5.75 Å². The van der Waals surface area contributed by atoms with Crippen molar-refractivity contribution in [2.24, 2.45) is 0 Å². The summed E-state index contributed by atoms with van der Waals surface area (Å²) in [5.74, 6) is 0.446. The second-order valence-electron chi connectivity index (χ2n) is 4.95. The molecule has 2 N–H and O–H groups in total. The Hall–Kier alpha value is -3.28. The summed E-state index contributed by atoms with van der Waals surface area (Å²) in [5, 5.41) is 0. The van der Waals surface area contributed by atoms with E-state index in [1.165, 1.54) is 24.3 Å². The van der Waals surface area contributed by atoms with Crippen molar-refractivity contribution in [3.63, 3.8) is 0 Å². The molecule has 0 atom stereocenters. The molecule has 2 aromatic carbocycles. The number of nitrogens with one attached hydrogen (secondary N) is 2. The zero-order chi connectivity index (χ0) is 16.8. The average Bonchev–Trinajstić information content (AvgIpc) is 3.09. The fourth-order valence-electron chi connectivity index (χ4n) is 1.97. The molecule has 0 aliphatic rings. The van der Waals surface area contributed by atoms with Gasteiger partial charge in [0.2, 0.25) is 0 Å². The van der Waals surface area contributed by atoms with E-state index in [9.17, 15) is 9.18 Å². The molecule has 0 aliphatic heterocycles. The smallest absolute Gasteiger partial charge is 0.305 e. The first kappa shape index (κ1) is 15.6. The van der Waals surface area contributed by atoms with Gasteiger partial charge in [-0.25, -0.2) is 4.39 Å². The van der Waals surface area contributed by atoms with Crippen LogP contribution in [0.5, 0.6) is 5.75 Å². The number of hydrogen-bond acceptors (Lipinski definition) is 4. The third-order valence-electron chi connectivity index (χ3n) is 3.17. The van der Waals surface area contributed by atoms with E-state index in [1.807, 2.05) is 30.3 Å². The van der Waals surface area contributed by atoms with Crippen molar-refractivity contribution in [1.29, 1.82) is 0 Å². The van der Waals surface area contributed by atoms with Gasteiger partial charge in [-0.05, 0) is 48.5 Å². The average molecular weight is 326 g/mol. The normalized spacial score (nSPS) is 10.2. The van der Waals surface area contributed by atoms with Crippen molar-refractivity contribution in [2.75, 3.05) is 5.43 Å². The maximum Gasteiger partial charge on any atom is 0.305 e. The zero-order valence-corrected chi connectivity index (χ0v) is 12.7. The Kier molecular flexibility index (Phi) is 4.76. The molecule has 0 saturated heterocycles. The lowest BCUT2D eigenvalue weighted by atomic mass is 10.3. The molecular formula is C18H15FN2O3. The summed E-state index contributed by atoms with van der Waals surface area (Å²) in [4.78, 5) is 12.0. The monoisotopic (exact) mass is 326 g/mol. The largest absolute Gasteiger partial charge is 0.486 e. The van der Waals surface area contributed by atoms with Crippen LogP contribution in [-0.4, -0.2) is 5.91 Å². The number of anilines is 1. The van der Waals surface area contributed by atoms with Crippen LogP contribution >= 0.6 is 0 Å². The number of hydrogen-bond donors (Lipinski definition) is 2. The van der Waals surface area contributed by atoms with E-state index < -0.39 is 5.91 Å². The minimum absolute atomic E-state index is 0.144. The molecule has 24 heavy (non-hydrogen) atoms. The first-order chi connectivity index (χ1) is 11.7. The number of hydrazine groups is 1. The van der Waals surface area contributed by atoms with E-state index in [-0.39, 0.29) is 18.2 Å². The third kappa shape index (κ3) is 4.13. The van der Waals surface area contributed by atoms with Crippen LogP contribution in [0.2, 0.25) is 0 Å². The molecule has 0 saturated carbocycles. The SMILES string of the molecule is O=C(NNc1ccccc1)c1ccc(COc2ccc(F)cc2)o1. The highest BCUT2D eigenvalue weighted by atomic mass is 19.1. The van der Waals surface area contributed by atoms with Crippen LogP contribution < -0.4 is 15.6 Å². The highest BCUT2D eigenvalue weighted by Gasteiger charge is 2.11. The van der Waals surface area contributed by atoms with Gasteiger partial charge in [0.1, 0.15) is 23.9 Å². The van der Waals surface area contributed by atoms with Crippen LogP contribution in [0.1, 0.15) is 16.3 Å². The molecule has 1 amide bonds. The number of benzene rings is 2. The van der Waals surface area contributed by atoms with Crippen LogP contribution in [0.4, 0.5) is 10.1 Å². The lowest BCUT2D eigenvalue weighted by Gasteiger charge is -2.06. The van der Waals surface area contributed by atoms with Gasteiger partial charge in [-0.2, -0.15) is 0 Å². The maximum atomic E-state index is 12.8. The Labute approximate surface area is 138 Å². The van der Waals surface area contributed by atoms with Crippen LogP contribution in [0.25, 0.3) is 0 Å². The maximum absolute atomic E-state index is 12.8. The van der Waals surface area contributed by atoms with Gasteiger partial charge in [-0.15, -0.1) is 0 Å². The summed E-state index contributed by atoms with van der Waals surface area (Å²) in [6, 6.07) is 18.1. The molecule has 0 bridgehead atoms. The molecule has 1 aromatic heterocycles. The summed E-state index contributed by atoms with van der Waals surface area (Å²) in [5.41, 5.74) is 6.09. The van der Waals surface area contributed by atoms with Gasteiger partial charge in [0.05, 0.1) is 5.69 Å². The molecule has 0 aliphatic carbocycles. The lowest BCUT2D eigenvalue weighted by molar-refractivity contribution is 0.0931. The van der Waals surface area contributed by atoms with E-state index in [0.717, 1.165) is 5.69 Å². The van der Waals surface area contributed by atoms with E-state index in [4.69, 9.17) is 9.15 Å². The molecule has 0 spiro atoms. The van der Waals surface area contributed by atoms with E-state index in [1.54, 1.807) is 12.1 Å². The number of carbonyl (C=O) groups excluding carboxylic acids is 1. The topological polar surface area (TPSA) is 63.5 Å². The lowest BCUT2D eigenvalue weighted by Crippen LogP contribution is -2.28. The van der Waals surface area contributed by atoms with Crippen molar-refractivity contribution in [2.45, 2.75) is 6.61 Å². The Bertz CT molecular complexity index is 801. The van der Waals surface area contributed by atoms with Crippen LogP contribution in [-0.2, 0) is 6.61 Å². The molecule has 5 nitrogen and oxygen atoms in total. The molecule has 0 radical (unpaired) electrons. The van der Waals surface area contributed by atoms with Gasteiger partial charge in [0.15, 0.2) is 5.76 Å². The Morgan fingerprint density at radius 1 is 1.00 bits per heavy atom. The van der Waals surface area contributed by atoms with Crippen molar-refractivity contribution >= 4 is 11.6 Å². The summed E-state index contributed by atoms with van der Waals surface area (Å²) in [6.45, 7) is 0.144. The van der Waals surface area contributed by atoms with Gasteiger partial charge in [0.25, 0.3) is 0 Å². The number of ether oxygens (including phenoxy) is 1. The predicted octanol–water partition coefficient (Wildman–Crippen LogP) is 3.75. The number of para-hydroxylation sites is 1. The second-order valence-corrected chi connectivity index (χ2v) is 4.95. The van der Waals surface area contributed by atoms with Gasteiger partial charge >= 0.3 is 5.91 Å². The van der Waals surface area contributed by atoms with Crippen molar-refractivity contribution in [1.82, 2.24) is 5.43 Å². The molecule has 3 rings (SSSR count). The zero-order valence-electron chi connectivity index (χ0n) is 12.7. The number of furan rings is 1. The molecular weight excluding hydrogens is 311 g/mol.